The minimum Gasteiger partial charge on any atom is -0.464 e. The van der Waals surface area contributed by atoms with E-state index >= 15 is 0 Å². The zero-order chi connectivity index (χ0) is 29.8. The van der Waals surface area contributed by atoms with Gasteiger partial charge < -0.3 is 24.9 Å². The van der Waals surface area contributed by atoms with Gasteiger partial charge in [-0.2, -0.15) is 15.1 Å². The van der Waals surface area contributed by atoms with E-state index in [2.05, 4.69) is 31.4 Å². The van der Waals surface area contributed by atoms with E-state index in [4.69, 9.17) is 19.5 Å². The second-order valence-electron chi connectivity index (χ2n) is 11.8. The number of para-hydroxylation sites is 1. The molecule has 1 unspecified atom stereocenters. The van der Waals surface area contributed by atoms with Gasteiger partial charge in [-0.3, -0.25) is 9.32 Å². The SMILES string of the molecule is C[C@H](NP(=O)(OC[C@@H]1C=C[C@H](n2cnc3c(NC4CC4)nc(N)nc32)C1)Oc1ccccc1)C(=O)OCC1CCCCC1. The van der Waals surface area contributed by atoms with Gasteiger partial charge in [-0.1, -0.05) is 49.6 Å². The van der Waals surface area contributed by atoms with Crippen LogP contribution in [0, 0.1) is 11.8 Å². The number of nitrogen functional groups attached to an aromatic ring is 1. The lowest BCUT2D eigenvalue weighted by Crippen LogP contribution is -2.36. The van der Waals surface area contributed by atoms with Crippen LogP contribution >= 0.6 is 7.75 Å². The van der Waals surface area contributed by atoms with Crippen molar-refractivity contribution in [1.29, 1.82) is 0 Å². The van der Waals surface area contributed by atoms with E-state index in [1.165, 1.54) is 6.42 Å². The van der Waals surface area contributed by atoms with E-state index in [1.54, 1.807) is 37.5 Å². The van der Waals surface area contributed by atoms with Crippen molar-refractivity contribution < 1.29 is 23.1 Å². The van der Waals surface area contributed by atoms with Gasteiger partial charge in [0, 0.05) is 12.0 Å². The number of imidazole rings is 1. The molecule has 0 spiro atoms. The maximum absolute atomic E-state index is 14.0. The van der Waals surface area contributed by atoms with E-state index in [1.807, 2.05) is 16.7 Å². The molecule has 230 valence electrons. The predicted octanol–water partition coefficient (Wildman–Crippen LogP) is 5.41. The monoisotopic (exact) mass is 609 g/mol. The Labute approximate surface area is 251 Å². The summed E-state index contributed by atoms with van der Waals surface area (Å²) < 4.78 is 33.3. The lowest BCUT2D eigenvalue weighted by atomic mass is 9.90. The average Bonchev–Trinajstić information content (AvgIpc) is 3.52. The van der Waals surface area contributed by atoms with Crippen molar-refractivity contribution in [3.8, 4) is 5.75 Å². The molecule has 0 saturated heterocycles. The summed E-state index contributed by atoms with van der Waals surface area (Å²) in [5.74, 6) is 1.06. The minimum absolute atomic E-state index is 0.0438. The molecule has 0 radical (unpaired) electrons. The molecule has 3 aliphatic carbocycles. The minimum atomic E-state index is -3.95. The van der Waals surface area contributed by atoms with Crippen molar-refractivity contribution in [2.75, 3.05) is 24.3 Å². The smallest absolute Gasteiger partial charge is 0.459 e. The van der Waals surface area contributed by atoms with Crippen LogP contribution in [-0.4, -0.2) is 50.8 Å². The number of allylic oxidation sites excluding steroid dienone is 1. The number of nitrogens with zero attached hydrogens (tertiary/aromatic N) is 4. The molecule has 3 aliphatic rings. The molecule has 2 aromatic heterocycles. The van der Waals surface area contributed by atoms with Crippen LogP contribution in [0.25, 0.3) is 11.2 Å². The topological polar surface area (TPSA) is 156 Å². The molecular weight excluding hydrogens is 569 g/mol. The lowest BCUT2D eigenvalue weighted by Gasteiger charge is -2.25. The zero-order valence-corrected chi connectivity index (χ0v) is 25.3. The standard InChI is InChI=1S/C30H40N7O5P/c1-20(29(38)40-17-21-8-4-2-5-9-21)36-43(39,42-25-10-6-3-7-11-25)41-18-22-12-15-24(16-22)37-19-32-26-27(33-23-13-14-23)34-30(31)35-28(26)37/h3,6-7,10-12,15,19-24H,2,4-5,8-9,13-14,16-18H2,1H3,(H,36,39)(H3,31,33,34,35)/t20-,22+,24-,43?/m0/s1. The molecule has 1 aromatic carbocycles. The first-order valence-electron chi connectivity index (χ1n) is 15.2. The van der Waals surface area contributed by atoms with Crippen molar-refractivity contribution in [2.24, 2.45) is 11.8 Å². The Balaban J connectivity index is 1.09. The maximum Gasteiger partial charge on any atom is 0.459 e. The molecule has 2 fully saturated rings. The number of fused-ring (bicyclic) bond motifs is 1. The van der Waals surface area contributed by atoms with E-state index in [-0.39, 0.29) is 24.5 Å². The molecule has 4 atom stereocenters. The molecule has 0 aliphatic heterocycles. The molecule has 3 aromatic rings. The highest BCUT2D eigenvalue weighted by Gasteiger charge is 2.34. The Morgan fingerprint density at radius 2 is 1.88 bits per heavy atom. The number of rotatable bonds is 13. The van der Waals surface area contributed by atoms with Gasteiger partial charge in [-0.25, -0.2) is 9.55 Å². The third-order valence-corrected chi connectivity index (χ3v) is 9.83. The van der Waals surface area contributed by atoms with Crippen LogP contribution in [0.2, 0.25) is 0 Å². The molecular formula is C30H40N7O5P. The third kappa shape index (κ3) is 7.55. The van der Waals surface area contributed by atoms with Gasteiger partial charge in [0.2, 0.25) is 5.95 Å². The summed E-state index contributed by atoms with van der Waals surface area (Å²) in [5, 5.41) is 6.20. The van der Waals surface area contributed by atoms with Crippen LogP contribution in [-0.2, 0) is 18.6 Å². The van der Waals surface area contributed by atoms with Crippen LogP contribution in [0.15, 0.2) is 48.8 Å². The first kappa shape index (κ1) is 29.6. The van der Waals surface area contributed by atoms with Gasteiger partial charge in [0.05, 0.1) is 25.6 Å². The van der Waals surface area contributed by atoms with Gasteiger partial charge in [0.1, 0.15) is 11.8 Å². The third-order valence-electron chi connectivity index (χ3n) is 8.18. The quantitative estimate of drug-likeness (QED) is 0.129. The number of benzene rings is 1. The first-order chi connectivity index (χ1) is 20.8. The Morgan fingerprint density at radius 3 is 2.65 bits per heavy atom. The predicted molar refractivity (Wildman–Crippen MR) is 163 cm³/mol. The van der Waals surface area contributed by atoms with E-state index in [0.29, 0.717) is 47.7 Å². The molecule has 0 bridgehead atoms. The average molecular weight is 610 g/mol. The normalized spacial score (nSPS) is 22.7. The highest BCUT2D eigenvalue weighted by atomic mass is 31.2. The zero-order valence-electron chi connectivity index (χ0n) is 24.4. The van der Waals surface area contributed by atoms with Gasteiger partial charge in [0.15, 0.2) is 17.0 Å². The number of carbonyl (C=O) groups is 1. The number of anilines is 2. The number of nitrogens with one attached hydrogen (secondary N) is 2. The van der Waals surface area contributed by atoms with E-state index in [9.17, 15) is 9.36 Å². The first-order valence-corrected chi connectivity index (χ1v) is 16.8. The Bertz CT molecular complexity index is 1490. The van der Waals surface area contributed by atoms with E-state index < -0.39 is 19.8 Å². The fraction of sp³-hybridized carbons (Fsp3) is 0.533. The second kappa shape index (κ2) is 13.0. The van der Waals surface area contributed by atoms with Crippen LogP contribution in [0.1, 0.15) is 64.3 Å². The number of nitrogens with two attached hydrogens (primary N) is 1. The van der Waals surface area contributed by atoms with Gasteiger partial charge in [-0.05, 0) is 57.1 Å². The highest BCUT2D eigenvalue weighted by Crippen LogP contribution is 2.46. The van der Waals surface area contributed by atoms with Crippen LogP contribution in [0.5, 0.6) is 5.75 Å². The fourth-order valence-corrected chi connectivity index (χ4v) is 7.20. The van der Waals surface area contributed by atoms with Crippen molar-refractivity contribution in [2.45, 2.75) is 76.4 Å². The number of aromatic nitrogens is 4. The molecule has 0 amide bonds. The van der Waals surface area contributed by atoms with Crippen LogP contribution in [0.3, 0.4) is 0 Å². The Kier molecular flexibility index (Phi) is 8.97. The van der Waals surface area contributed by atoms with Gasteiger partial charge in [-0.15, -0.1) is 0 Å². The molecule has 13 heteroatoms. The van der Waals surface area contributed by atoms with Crippen LogP contribution < -0.4 is 20.7 Å². The van der Waals surface area contributed by atoms with Gasteiger partial charge >= 0.3 is 13.7 Å². The van der Waals surface area contributed by atoms with Crippen molar-refractivity contribution in [3.63, 3.8) is 0 Å². The Morgan fingerprint density at radius 1 is 1.09 bits per heavy atom. The number of esters is 1. The Hall–Kier alpha value is -3.47. The second-order valence-corrected chi connectivity index (χ2v) is 13.5. The largest absolute Gasteiger partial charge is 0.464 e. The van der Waals surface area contributed by atoms with E-state index in [0.717, 1.165) is 38.5 Å². The lowest BCUT2D eigenvalue weighted by molar-refractivity contribution is -0.147. The van der Waals surface area contributed by atoms with Crippen molar-refractivity contribution in [3.05, 3.63) is 48.8 Å². The summed E-state index contributed by atoms with van der Waals surface area (Å²) in [7, 11) is -3.95. The van der Waals surface area contributed by atoms with Crippen molar-refractivity contribution in [1.82, 2.24) is 24.6 Å². The number of hydrogen-bond acceptors (Lipinski definition) is 10. The van der Waals surface area contributed by atoms with Crippen LogP contribution in [0.4, 0.5) is 11.8 Å². The number of carbonyl (C=O) groups excluding carboxylic acids is 1. The van der Waals surface area contributed by atoms with Gasteiger partial charge in [0.25, 0.3) is 0 Å². The summed E-state index contributed by atoms with van der Waals surface area (Å²) in [4.78, 5) is 26.2. The van der Waals surface area contributed by atoms with Crippen molar-refractivity contribution >= 4 is 36.6 Å². The number of hydrogen-bond donors (Lipinski definition) is 3. The maximum atomic E-state index is 14.0. The summed E-state index contributed by atoms with van der Waals surface area (Å²) >= 11 is 0. The number of ether oxygens (including phenoxy) is 1. The molecule has 2 saturated carbocycles. The summed E-state index contributed by atoms with van der Waals surface area (Å²) in [6.07, 6.45) is 14.4. The summed E-state index contributed by atoms with van der Waals surface area (Å²) in [6.45, 7) is 2.11. The highest BCUT2D eigenvalue weighted by molar-refractivity contribution is 7.52. The molecule has 12 nitrogen and oxygen atoms in total. The molecule has 43 heavy (non-hydrogen) atoms. The molecule has 6 rings (SSSR count). The summed E-state index contributed by atoms with van der Waals surface area (Å²) in [5.41, 5.74) is 7.37. The molecule has 4 N–H and O–H groups in total. The molecule has 2 heterocycles. The summed E-state index contributed by atoms with van der Waals surface area (Å²) in [6, 6.07) is 8.26. The fourth-order valence-electron chi connectivity index (χ4n) is 5.65.